The van der Waals surface area contributed by atoms with E-state index in [4.69, 9.17) is 0 Å². The van der Waals surface area contributed by atoms with Crippen LogP contribution in [0.25, 0.3) is 0 Å². The van der Waals surface area contributed by atoms with Gasteiger partial charge in [-0.1, -0.05) is 13.0 Å². The van der Waals surface area contributed by atoms with Gasteiger partial charge in [0.2, 0.25) is 0 Å². The maximum absolute atomic E-state index is 3.91. The Balaban J connectivity index is 2.13. The molecule has 2 aliphatic rings. The van der Waals surface area contributed by atoms with E-state index in [9.17, 15) is 0 Å². The van der Waals surface area contributed by atoms with Gasteiger partial charge in [-0.2, -0.15) is 0 Å². The Kier molecular flexibility index (Phi) is 3.15. The van der Waals surface area contributed by atoms with E-state index in [0.29, 0.717) is 5.54 Å². The normalized spacial score (nSPS) is 40.9. The summed E-state index contributed by atoms with van der Waals surface area (Å²) in [5.74, 6) is 0.904. The first-order chi connectivity index (χ1) is 7.54. The summed E-state index contributed by atoms with van der Waals surface area (Å²) >= 11 is 0. The topological polar surface area (TPSA) is 15.3 Å². The number of hydrogen-bond acceptors (Lipinski definition) is 2. The molecule has 0 bridgehead atoms. The first-order valence-electron chi connectivity index (χ1n) is 6.65. The Hall–Kier alpha value is -0.340. The Morgan fingerprint density at radius 1 is 1.44 bits per heavy atom. The van der Waals surface area contributed by atoms with Crippen LogP contribution in [0, 0.1) is 5.92 Å². The van der Waals surface area contributed by atoms with E-state index in [1.54, 1.807) is 0 Å². The molecule has 0 spiro atoms. The standard InChI is InChI=1S/C14H26N2/c1-5-9-16-11-13(3,6-2)15-10-14(16,4)12-7-8-12/h5,12,15H,1,6-11H2,2-4H3. The Morgan fingerprint density at radius 3 is 2.62 bits per heavy atom. The van der Waals surface area contributed by atoms with Crippen LogP contribution >= 0.6 is 0 Å². The summed E-state index contributed by atoms with van der Waals surface area (Å²) < 4.78 is 0. The second-order valence-electron chi connectivity index (χ2n) is 6.07. The number of hydrogen-bond donors (Lipinski definition) is 1. The summed E-state index contributed by atoms with van der Waals surface area (Å²) in [6.07, 6.45) is 6.08. The fourth-order valence-corrected chi connectivity index (χ4v) is 2.94. The Labute approximate surface area is 100 Å². The molecule has 1 aliphatic heterocycles. The molecule has 2 heteroatoms. The summed E-state index contributed by atoms with van der Waals surface area (Å²) in [4.78, 5) is 2.65. The van der Waals surface area contributed by atoms with Gasteiger partial charge < -0.3 is 5.32 Å². The maximum Gasteiger partial charge on any atom is 0.0338 e. The Bertz CT molecular complexity index is 272. The van der Waals surface area contributed by atoms with Crippen molar-refractivity contribution in [2.24, 2.45) is 5.92 Å². The van der Waals surface area contributed by atoms with Crippen molar-refractivity contribution in [1.82, 2.24) is 10.2 Å². The van der Waals surface area contributed by atoms with Crippen molar-refractivity contribution in [1.29, 1.82) is 0 Å². The minimum absolute atomic E-state index is 0.289. The molecular formula is C14H26N2. The fraction of sp³-hybridized carbons (Fsp3) is 0.857. The number of rotatable bonds is 4. The minimum atomic E-state index is 0.289. The third-order valence-corrected chi connectivity index (χ3v) is 4.72. The van der Waals surface area contributed by atoms with Crippen LogP contribution in [0.15, 0.2) is 12.7 Å². The molecule has 1 aliphatic carbocycles. The second kappa shape index (κ2) is 4.15. The van der Waals surface area contributed by atoms with Crippen LogP contribution in [-0.4, -0.2) is 35.6 Å². The molecule has 2 atom stereocenters. The van der Waals surface area contributed by atoms with E-state index in [2.05, 4.69) is 43.6 Å². The van der Waals surface area contributed by atoms with Gasteiger partial charge in [-0.25, -0.2) is 0 Å². The van der Waals surface area contributed by atoms with Gasteiger partial charge in [0, 0.05) is 30.7 Å². The predicted molar refractivity (Wildman–Crippen MR) is 69.6 cm³/mol. The zero-order chi connectivity index (χ0) is 11.8. The highest BCUT2D eigenvalue weighted by Crippen LogP contribution is 2.44. The van der Waals surface area contributed by atoms with Gasteiger partial charge >= 0.3 is 0 Å². The smallest absolute Gasteiger partial charge is 0.0338 e. The molecule has 0 amide bonds. The van der Waals surface area contributed by atoms with E-state index in [1.807, 2.05) is 0 Å². The van der Waals surface area contributed by atoms with Gasteiger partial charge in [0.1, 0.15) is 0 Å². The molecule has 16 heavy (non-hydrogen) atoms. The van der Waals surface area contributed by atoms with Gasteiger partial charge in [-0.3, -0.25) is 4.90 Å². The SMILES string of the molecule is C=CCN1CC(C)(CC)NCC1(C)C1CC1. The highest BCUT2D eigenvalue weighted by molar-refractivity contribution is 5.08. The van der Waals surface area contributed by atoms with Crippen LogP contribution in [0.5, 0.6) is 0 Å². The van der Waals surface area contributed by atoms with Gasteiger partial charge in [-0.15, -0.1) is 6.58 Å². The molecule has 1 N–H and O–H groups in total. The molecule has 0 aromatic rings. The van der Waals surface area contributed by atoms with Crippen molar-refractivity contribution in [3.05, 3.63) is 12.7 Å². The van der Waals surface area contributed by atoms with Crippen molar-refractivity contribution in [3.8, 4) is 0 Å². The van der Waals surface area contributed by atoms with Crippen molar-refractivity contribution >= 4 is 0 Å². The van der Waals surface area contributed by atoms with Crippen molar-refractivity contribution in [3.63, 3.8) is 0 Å². The first-order valence-corrected chi connectivity index (χ1v) is 6.65. The highest BCUT2D eigenvalue weighted by Gasteiger charge is 2.49. The molecule has 2 nitrogen and oxygen atoms in total. The molecular weight excluding hydrogens is 196 g/mol. The van der Waals surface area contributed by atoms with Gasteiger partial charge in [0.05, 0.1) is 0 Å². The maximum atomic E-state index is 3.91. The zero-order valence-electron chi connectivity index (χ0n) is 11.1. The van der Waals surface area contributed by atoms with E-state index < -0.39 is 0 Å². The lowest BCUT2D eigenvalue weighted by Gasteiger charge is -2.52. The summed E-state index contributed by atoms with van der Waals surface area (Å²) in [6.45, 7) is 14.3. The molecule has 1 heterocycles. The quantitative estimate of drug-likeness (QED) is 0.735. The second-order valence-corrected chi connectivity index (χ2v) is 6.07. The lowest BCUT2D eigenvalue weighted by atomic mass is 9.84. The van der Waals surface area contributed by atoms with E-state index in [-0.39, 0.29) is 5.54 Å². The van der Waals surface area contributed by atoms with Gasteiger partial charge in [0.15, 0.2) is 0 Å². The van der Waals surface area contributed by atoms with Crippen LogP contribution < -0.4 is 5.32 Å². The van der Waals surface area contributed by atoms with Gasteiger partial charge in [-0.05, 0) is 39.0 Å². The third kappa shape index (κ3) is 2.05. The average Bonchev–Trinajstić information content (AvgIpc) is 3.08. The number of nitrogens with zero attached hydrogens (tertiary/aromatic N) is 1. The van der Waals surface area contributed by atoms with Gasteiger partial charge in [0.25, 0.3) is 0 Å². The first kappa shape index (κ1) is 12.1. The van der Waals surface area contributed by atoms with E-state index >= 15 is 0 Å². The molecule has 2 rings (SSSR count). The molecule has 0 aromatic heterocycles. The number of piperazine rings is 1. The molecule has 1 saturated carbocycles. The predicted octanol–water partition coefficient (Wildman–Crippen LogP) is 2.42. The summed E-state index contributed by atoms with van der Waals surface area (Å²) in [6, 6.07) is 0. The summed E-state index contributed by atoms with van der Waals surface area (Å²) in [5.41, 5.74) is 0.653. The van der Waals surface area contributed by atoms with Crippen molar-refractivity contribution in [2.75, 3.05) is 19.6 Å². The lowest BCUT2D eigenvalue weighted by molar-refractivity contribution is 0.0146. The molecule has 0 radical (unpaired) electrons. The third-order valence-electron chi connectivity index (χ3n) is 4.72. The van der Waals surface area contributed by atoms with Crippen LogP contribution in [0.3, 0.4) is 0 Å². The largest absolute Gasteiger partial charge is 0.308 e. The lowest BCUT2D eigenvalue weighted by Crippen LogP contribution is -2.68. The molecule has 0 aromatic carbocycles. The molecule has 92 valence electrons. The average molecular weight is 222 g/mol. The Morgan fingerprint density at radius 2 is 2.12 bits per heavy atom. The fourth-order valence-electron chi connectivity index (χ4n) is 2.94. The molecule has 1 saturated heterocycles. The van der Waals surface area contributed by atoms with Crippen LogP contribution in [0.2, 0.25) is 0 Å². The number of nitrogens with one attached hydrogen (secondary N) is 1. The molecule has 2 fully saturated rings. The monoisotopic (exact) mass is 222 g/mol. The minimum Gasteiger partial charge on any atom is -0.308 e. The van der Waals surface area contributed by atoms with Crippen LogP contribution in [0.1, 0.15) is 40.0 Å². The zero-order valence-corrected chi connectivity index (χ0v) is 11.1. The summed E-state index contributed by atoms with van der Waals surface area (Å²) in [5, 5.41) is 3.77. The van der Waals surface area contributed by atoms with Crippen molar-refractivity contribution in [2.45, 2.75) is 51.1 Å². The van der Waals surface area contributed by atoms with E-state index in [1.165, 1.54) is 19.3 Å². The van der Waals surface area contributed by atoms with Crippen LogP contribution in [0.4, 0.5) is 0 Å². The van der Waals surface area contributed by atoms with Crippen molar-refractivity contribution < 1.29 is 0 Å². The summed E-state index contributed by atoms with van der Waals surface area (Å²) in [7, 11) is 0. The molecule has 2 unspecified atom stereocenters. The highest BCUT2D eigenvalue weighted by atomic mass is 15.3. The van der Waals surface area contributed by atoms with Crippen LogP contribution in [-0.2, 0) is 0 Å². The van der Waals surface area contributed by atoms with E-state index in [0.717, 1.165) is 25.6 Å².